The number of aromatic nitrogens is 2. The third-order valence-corrected chi connectivity index (χ3v) is 5.73. The van der Waals surface area contributed by atoms with Crippen molar-refractivity contribution in [2.75, 3.05) is 13.1 Å². The van der Waals surface area contributed by atoms with Gasteiger partial charge in [0.25, 0.3) is 5.89 Å². The number of rotatable bonds is 7. The predicted octanol–water partition coefficient (Wildman–Crippen LogP) is 6.73. The molecule has 1 N–H and O–H groups in total. The molecule has 34 heavy (non-hydrogen) atoms. The molecule has 1 aliphatic rings. The third kappa shape index (κ3) is 6.76. The van der Waals surface area contributed by atoms with E-state index in [4.69, 9.17) is 9.63 Å². The molecule has 2 heterocycles. The summed E-state index contributed by atoms with van der Waals surface area (Å²) >= 11 is 0. The Bertz CT molecular complexity index is 1000. The quantitative estimate of drug-likeness (QED) is 0.417. The fraction of sp³-hybridized carbons (Fsp3) is 0.464. The summed E-state index contributed by atoms with van der Waals surface area (Å²) in [5, 5.41) is 13.2. The second kappa shape index (κ2) is 13.0. The molecular weight excluding hydrogens is 426 g/mol. The van der Waals surface area contributed by atoms with Crippen molar-refractivity contribution >= 4 is 5.97 Å². The molecule has 6 heteroatoms. The minimum atomic E-state index is -0.712. The van der Waals surface area contributed by atoms with Crippen molar-refractivity contribution in [3.05, 3.63) is 59.7 Å². The Morgan fingerprint density at radius 1 is 0.971 bits per heavy atom. The maximum absolute atomic E-state index is 11.0. The van der Waals surface area contributed by atoms with Crippen LogP contribution < -0.4 is 0 Å². The summed E-state index contributed by atoms with van der Waals surface area (Å²) < 4.78 is 5.48. The monoisotopic (exact) mass is 465 g/mol. The highest BCUT2D eigenvalue weighted by molar-refractivity contribution is 5.71. The lowest BCUT2D eigenvalue weighted by atomic mass is 9.95. The zero-order chi connectivity index (χ0) is 25.3. The fourth-order valence-electron chi connectivity index (χ4n) is 3.82. The van der Waals surface area contributed by atoms with E-state index in [1.807, 2.05) is 64.1 Å². The van der Waals surface area contributed by atoms with Crippen molar-refractivity contribution in [2.45, 2.75) is 60.9 Å². The normalized spacial score (nSPS) is 14.4. The molecule has 1 fully saturated rings. The SMILES string of the molecule is CC.CC.CC(C)Cc1ccc(-c2nc(-c3ccc(C(C)N4CC(C(=O)O)C4)cc3)no2)cc1. The second-order valence-corrected chi connectivity index (χ2v) is 8.51. The first-order valence-electron chi connectivity index (χ1n) is 12.4. The number of nitrogens with zero attached hydrogens (tertiary/aromatic N) is 3. The van der Waals surface area contributed by atoms with Gasteiger partial charge in [0.1, 0.15) is 0 Å². The van der Waals surface area contributed by atoms with E-state index in [1.54, 1.807) is 0 Å². The summed E-state index contributed by atoms with van der Waals surface area (Å²) in [6.45, 7) is 15.7. The Morgan fingerprint density at radius 3 is 2.06 bits per heavy atom. The Labute approximate surface area is 204 Å². The van der Waals surface area contributed by atoms with Gasteiger partial charge in [0.05, 0.1) is 5.92 Å². The summed E-state index contributed by atoms with van der Waals surface area (Å²) in [4.78, 5) is 17.7. The largest absolute Gasteiger partial charge is 0.481 e. The van der Waals surface area contributed by atoms with E-state index in [0.29, 0.717) is 30.7 Å². The Hall–Kier alpha value is -2.99. The van der Waals surface area contributed by atoms with Crippen LogP contribution in [0.4, 0.5) is 0 Å². The minimum absolute atomic E-state index is 0.180. The molecule has 0 saturated carbocycles. The van der Waals surface area contributed by atoms with Crippen LogP contribution in [0.3, 0.4) is 0 Å². The minimum Gasteiger partial charge on any atom is -0.481 e. The van der Waals surface area contributed by atoms with E-state index >= 15 is 0 Å². The van der Waals surface area contributed by atoms with Crippen LogP contribution in [0.2, 0.25) is 0 Å². The van der Waals surface area contributed by atoms with Crippen LogP contribution in [0.25, 0.3) is 22.8 Å². The first-order chi connectivity index (χ1) is 16.4. The lowest BCUT2D eigenvalue weighted by Gasteiger charge is -2.41. The summed E-state index contributed by atoms with van der Waals surface area (Å²) in [6.07, 6.45) is 1.05. The van der Waals surface area contributed by atoms with Crippen molar-refractivity contribution in [3.8, 4) is 22.8 Å². The molecule has 1 saturated heterocycles. The van der Waals surface area contributed by atoms with Crippen molar-refractivity contribution in [1.82, 2.24) is 15.0 Å². The van der Waals surface area contributed by atoms with Gasteiger partial charge in [-0.1, -0.05) is 83.1 Å². The lowest BCUT2D eigenvalue weighted by Crippen LogP contribution is -2.51. The average molecular weight is 466 g/mol. The van der Waals surface area contributed by atoms with Crippen molar-refractivity contribution in [3.63, 3.8) is 0 Å². The number of carboxylic acids is 1. The molecule has 1 aliphatic heterocycles. The summed E-state index contributed by atoms with van der Waals surface area (Å²) in [6, 6.07) is 16.5. The van der Waals surface area contributed by atoms with E-state index in [-0.39, 0.29) is 12.0 Å². The summed E-state index contributed by atoms with van der Waals surface area (Å²) in [7, 11) is 0. The van der Waals surface area contributed by atoms with E-state index in [0.717, 1.165) is 23.1 Å². The molecule has 4 rings (SSSR count). The molecule has 3 aromatic rings. The van der Waals surface area contributed by atoms with E-state index in [2.05, 4.69) is 47.9 Å². The van der Waals surface area contributed by atoms with Crippen LogP contribution in [0.5, 0.6) is 0 Å². The van der Waals surface area contributed by atoms with Crippen LogP contribution in [0, 0.1) is 11.8 Å². The Morgan fingerprint density at radius 2 is 1.53 bits per heavy atom. The highest BCUT2D eigenvalue weighted by Crippen LogP contribution is 2.30. The topological polar surface area (TPSA) is 79.5 Å². The number of carboxylic acid groups (broad SMARTS) is 1. The molecule has 184 valence electrons. The summed E-state index contributed by atoms with van der Waals surface area (Å²) in [5.74, 6) is 0.737. The lowest BCUT2D eigenvalue weighted by molar-refractivity contribution is -0.148. The van der Waals surface area contributed by atoms with Crippen LogP contribution in [0.15, 0.2) is 53.1 Å². The van der Waals surface area contributed by atoms with Crippen LogP contribution in [-0.2, 0) is 11.2 Å². The molecule has 0 bridgehead atoms. The third-order valence-electron chi connectivity index (χ3n) is 5.73. The maximum Gasteiger partial charge on any atom is 0.309 e. The zero-order valence-corrected chi connectivity index (χ0v) is 21.6. The highest BCUT2D eigenvalue weighted by Gasteiger charge is 2.35. The number of aliphatic carboxylic acids is 1. The standard InChI is InChI=1S/C24H27N3O3.2C2H6/c1-15(2)12-17-4-6-20(7-5-17)23-25-22(26-30-23)19-10-8-18(9-11-19)16(3)27-13-21(14-27)24(28)29;2*1-2/h4-11,15-16,21H,12-14H2,1-3H3,(H,28,29);2*1-2H3. The highest BCUT2D eigenvalue weighted by atomic mass is 16.5. The molecule has 1 atom stereocenters. The van der Waals surface area contributed by atoms with Gasteiger partial charge in [-0.2, -0.15) is 4.98 Å². The zero-order valence-electron chi connectivity index (χ0n) is 21.6. The molecule has 0 aliphatic carbocycles. The predicted molar refractivity (Wildman–Crippen MR) is 138 cm³/mol. The van der Waals surface area contributed by atoms with Gasteiger partial charge in [0.15, 0.2) is 0 Å². The van der Waals surface area contributed by atoms with Gasteiger partial charge in [-0.15, -0.1) is 0 Å². The number of hydrogen-bond acceptors (Lipinski definition) is 5. The smallest absolute Gasteiger partial charge is 0.309 e. The van der Waals surface area contributed by atoms with Crippen LogP contribution >= 0.6 is 0 Å². The molecule has 2 aromatic carbocycles. The molecule has 0 amide bonds. The molecule has 0 spiro atoms. The van der Waals surface area contributed by atoms with Gasteiger partial charge in [-0.25, -0.2) is 0 Å². The molecule has 6 nitrogen and oxygen atoms in total. The van der Waals surface area contributed by atoms with Crippen LogP contribution in [0.1, 0.15) is 65.6 Å². The maximum atomic E-state index is 11.0. The Kier molecular flexibility index (Phi) is 10.5. The fourth-order valence-corrected chi connectivity index (χ4v) is 3.82. The van der Waals surface area contributed by atoms with E-state index in [1.165, 1.54) is 5.56 Å². The van der Waals surface area contributed by atoms with E-state index in [9.17, 15) is 4.79 Å². The van der Waals surface area contributed by atoms with Gasteiger partial charge >= 0.3 is 5.97 Å². The van der Waals surface area contributed by atoms with Crippen LogP contribution in [-0.4, -0.2) is 39.2 Å². The molecular formula is C28H39N3O3. The molecule has 0 radical (unpaired) electrons. The van der Waals surface area contributed by atoms with E-state index < -0.39 is 5.97 Å². The van der Waals surface area contributed by atoms with Crippen molar-refractivity contribution < 1.29 is 14.4 Å². The number of benzene rings is 2. The molecule has 1 unspecified atom stereocenters. The first-order valence-corrected chi connectivity index (χ1v) is 12.4. The van der Waals surface area contributed by atoms with Gasteiger partial charge < -0.3 is 9.63 Å². The van der Waals surface area contributed by atoms with Gasteiger partial charge in [0.2, 0.25) is 5.82 Å². The Balaban J connectivity index is 0.000000970. The number of likely N-dealkylation sites (tertiary alicyclic amines) is 1. The first kappa shape index (κ1) is 27.3. The van der Waals surface area contributed by atoms with Gasteiger partial charge in [-0.05, 0) is 42.5 Å². The number of hydrogen-bond donors (Lipinski definition) is 1. The average Bonchev–Trinajstić information content (AvgIpc) is 3.31. The molecule has 1 aromatic heterocycles. The van der Waals surface area contributed by atoms with Gasteiger partial charge in [-0.3, -0.25) is 9.69 Å². The van der Waals surface area contributed by atoms with Crippen molar-refractivity contribution in [2.24, 2.45) is 11.8 Å². The summed E-state index contributed by atoms with van der Waals surface area (Å²) in [5.41, 5.74) is 4.25. The van der Waals surface area contributed by atoms with Crippen molar-refractivity contribution in [1.29, 1.82) is 0 Å². The second-order valence-electron chi connectivity index (χ2n) is 8.51. The van der Waals surface area contributed by atoms with Gasteiger partial charge in [0, 0.05) is 30.3 Å². The number of carbonyl (C=O) groups is 1.